The Morgan fingerprint density at radius 2 is 1.65 bits per heavy atom. The van der Waals surface area contributed by atoms with Crippen molar-refractivity contribution in [2.75, 3.05) is 19.7 Å². The molecule has 1 saturated carbocycles. The fourth-order valence-corrected chi connectivity index (χ4v) is 5.26. The largest absolute Gasteiger partial charge is 0.481 e. The predicted octanol–water partition coefficient (Wildman–Crippen LogP) is 4.17. The van der Waals surface area contributed by atoms with Crippen LogP contribution in [0.25, 0.3) is 11.1 Å². The minimum Gasteiger partial charge on any atom is -0.481 e. The van der Waals surface area contributed by atoms with Crippen LogP contribution in [-0.4, -0.2) is 42.8 Å². The van der Waals surface area contributed by atoms with E-state index in [9.17, 15) is 19.5 Å². The first-order valence-corrected chi connectivity index (χ1v) is 12.1. The predicted molar refractivity (Wildman–Crippen MR) is 128 cm³/mol. The number of hydrogen-bond acceptors (Lipinski definition) is 4. The van der Waals surface area contributed by atoms with Crippen LogP contribution in [0.4, 0.5) is 4.79 Å². The lowest BCUT2D eigenvalue weighted by atomic mass is 9.96. The van der Waals surface area contributed by atoms with E-state index in [4.69, 9.17) is 4.74 Å². The summed E-state index contributed by atoms with van der Waals surface area (Å²) < 4.78 is 5.55. The Morgan fingerprint density at radius 1 is 1.00 bits per heavy atom. The Kier molecular flexibility index (Phi) is 7.50. The van der Waals surface area contributed by atoms with Crippen molar-refractivity contribution in [2.24, 2.45) is 17.8 Å². The third-order valence-corrected chi connectivity index (χ3v) is 7.21. The average Bonchev–Trinajstić information content (AvgIpc) is 3.45. The molecule has 2 aromatic rings. The molecular formula is C27H32N2O5. The molecule has 0 spiro atoms. The van der Waals surface area contributed by atoms with Gasteiger partial charge in [-0.05, 0) is 47.4 Å². The molecule has 2 aromatic carbocycles. The normalized spacial score (nSPS) is 19.7. The summed E-state index contributed by atoms with van der Waals surface area (Å²) in [6.45, 7) is 2.64. The van der Waals surface area contributed by atoms with E-state index >= 15 is 0 Å². The molecule has 0 radical (unpaired) electrons. The molecule has 3 N–H and O–H groups in total. The summed E-state index contributed by atoms with van der Waals surface area (Å²) in [5.74, 6) is -1.80. The van der Waals surface area contributed by atoms with Gasteiger partial charge in [0.2, 0.25) is 5.91 Å². The van der Waals surface area contributed by atoms with E-state index in [0.717, 1.165) is 24.0 Å². The van der Waals surface area contributed by atoms with Crippen molar-refractivity contribution in [3.63, 3.8) is 0 Å². The zero-order valence-corrected chi connectivity index (χ0v) is 19.5. The molecule has 0 aromatic heterocycles. The van der Waals surface area contributed by atoms with E-state index in [-0.39, 0.29) is 36.8 Å². The number of carboxylic acid groups (broad SMARTS) is 1. The lowest BCUT2D eigenvalue weighted by molar-refractivity contribution is -0.143. The zero-order valence-electron chi connectivity index (χ0n) is 19.5. The number of fused-ring (bicyclic) bond motifs is 3. The molecule has 2 amide bonds. The van der Waals surface area contributed by atoms with E-state index in [1.165, 1.54) is 11.1 Å². The number of rotatable bonds is 9. The summed E-state index contributed by atoms with van der Waals surface area (Å²) in [6.07, 6.45) is 2.36. The van der Waals surface area contributed by atoms with E-state index in [1.807, 2.05) is 31.2 Å². The fourth-order valence-electron chi connectivity index (χ4n) is 5.26. The first kappa shape index (κ1) is 23.8. The van der Waals surface area contributed by atoms with Crippen molar-refractivity contribution in [1.82, 2.24) is 10.6 Å². The topological polar surface area (TPSA) is 105 Å². The van der Waals surface area contributed by atoms with Crippen LogP contribution < -0.4 is 10.6 Å². The Balaban J connectivity index is 1.26. The molecule has 0 bridgehead atoms. The van der Waals surface area contributed by atoms with E-state index in [1.54, 1.807) is 0 Å². The van der Waals surface area contributed by atoms with Crippen LogP contribution >= 0.6 is 0 Å². The standard InChI is InChI=1S/C27H32N2O5/c1-2-17(25(30)28-15-18-8-7-13-19(18)26(31)32)14-29-27(33)34-16-24-22-11-5-3-9-20(22)21-10-4-6-12-23(21)24/h3-6,9-12,17-19,24H,2,7-8,13-16H2,1H3,(H,28,30)(H,29,33)(H,31,32)/t17?,18-,19-/m1/s1. The monoisotopic (exact) mass is 464 g/mol. The van der Waals surface area contributed by atoms with Crippen LogP contribution in [0.3, 0.4) is 0 Å². The van der Waals surface area contributed by atoms with Gasteiger partial charge in [-0.15, -0.1) is 0 Å². The molecule has 0 saturated heterocycles. The highest BCUT2D eigenvalue weighted by Gasteiger charge is 2.33. The second-order valence-corrected chi connectivity index (χ2v) is 9.19. The van der Waals surface area contributed by atoms with Gasteiger partial charge in [0.25, 0.3) is 0 Å². The summed E-state index contributed by atoms with van der Waals surface area (Å²) in [5.41, 5.74) is 4.63. The lowest BCUT2D eigenvalue weighted by Crippen LogP contribution is -2.41. The van der Waals surface area contributed by atoms with E-state index < -0.39 is 18.0 Å². The van der Waals surface area contributed by atoms with Crippen molar-refractivity contribution in [1.29, 1.82) is 0 Å². The molecule has 7 nitrogen and oxygen atoms in total. The number of carbonyl (C=O) groups excluding carboxylic acids is 2. The first-order chi connectivity index (χ1) is 16.5. The highest BCUT2D eigenvalue weighted by molar-refractivity contribution is 5.80. The number of benzene rings is 2. The number of ether oxygens (including phenoxy) is 1. The quantitative estimate of drug-likeness (QED) is 0.517. The van der Waals surface area contributed by atoms with Gasteiger partial charge in [0.1, 0.15) is 6.61 Å². The molecule has 7 heteroatoms. The van der Waals surface area contributed by atoms with Crippen molar-refractivity contribution in [3.8, 4) is 11.1 Å². The van der Waals surface area contributed by atoms with Gasteiger partial charge in [-0.1, -0.05) is 61.9 Å². The third kappa shape index (κ3) is 5.08. The smallest absolute Gasteiger partial charge is 0.407 e. The molecule has 0 heterocycles. The van der Waals surface area contributed by atoms with Crippen molar-refractivity contribution in [2.45, 2.75) is 38.5 Å². The van der Waals surface area contributed by atoms with Crippen molar-refractivity contribution >= 4 is 18.0 Å². The SMILES string of the molecule is CCC(CNC(=O)OCC1c2ccccc2-c2ccccc21)C(=O)NC[C@H]1CCC[C@H]1C(=O)O. The number of alkyl carbamates (subject to hydrolysis) is 1. The molecule has 180 valence electrons. The van der Waals surface area contributed by atoms with Crippen LogP contribution in [0.15, 0.2) is 48.5 Å². The lowest BCUT2D eigenvalue weighted by Gasteiger charge is -2.20. The van der Waals surface area contributed by atoms with Gasteiger partial charge in [0, 0.05) is 19.0 Å². The Morgan fingerprint density at radius 3 is 2.26 bits per heavy atom. The highest BCUT2D eigenvalue weighted by Crippen LogP contribution is 2.44. The molecule has 0 aliphatic heterocycles. The van der Waals surface area contributed by atoms with Gasteiger partial charge in [0.15, 0.2) is 0 Å². The molecule has 4 rings (SSSR count). The van der Waals surface area contributed by atoms with Gasteiger partial charge in [-0.3, -0.25) is 9.59 Å². The summed E-state index contributed by atoms with van der Waals surface area (Å²) in [5, 5.41) is 14.9. The second-order valence-electron chi connectivity index (χ2n) is 9.19. The molecule has 3 atom stereocenters. The van der Waals surface area contributed by atoms with Gasteiger partial charge in [-0.2, -0.15) is 0 Å². The molecule has 2 aliphatic carbocycles. The third-order valence-electron chi connectivity index (χ3n) is 7.21. The van der Waals surface area contributed by atoms with Crippen molar-refractivity contribution < 1.29 is 24.2 Å². The number of carboxylic acids is 1. The number of aliphatic carboxylic acids is 1. The summed E-state index contributed by atoms with van der Waals surface area (Å²) in [7, 11) is 0. The number of hydrogen-bond donors (Lipinski definition) is 3. The number of amides is 2. The molecule has 34 heavy (non-hydrogen) atoms. The van der Waals surface area contributed by atoms with Crippen LogP contribution in [-0.2, 0) is 14.3 Å². The first-order valence-electron chi connectivity index (χ1n) is 12.1. The minimum absolute atomic E-state index is 0.0167. The van der Waals surface area contributed by atoms with Crippen LogP contribution in [0, 0.1) is 17.8 Å². The summed E-state index contributed by atoms with van der Waals surface area (Å²) in [6, 6.07) is 16.3. The van der Waals surface area contributed by atoms with Crippen LogP contribution in [0.5, 0.6) is 0 Å². The van der Waals surface area contributed by atoms with E-state index in [0.29, 0.717) is 19.4 Å². The maximum absolute atomic E-state index is 12.6. The van der Waals surface area contributed by atoms with Gasteiger partial charge < -0.3 is 20.5 Å². The number of carbonyl (C=O) groups is 3. The maximum Gasteiger partial charge on any atom is 0.407 e. The van der Waals surface area contributed by atoms with Crippen LogP contribution in [0.1, 0.15) is 49.7 Å². The average molecular weight is 465 g/mol. The summed E-state index contributed by atoms with van der Waals surface area (Å²) in [4.78, 5) is 36.4. The molecule has 1 fully saturated rings. The Labute approximate surface area is 199 Å². The zero-order chi connectivity index (χ0) is 24.1. The highest BCUT2D eigenvalue weighted by atomic mass is 16.5. The molecule has 2 aliphatic rings. The second kappa shape index (κ2) is 10.7. The van der Waals surface area contributed by atoms with Gasteiger partial charge >= 0.3 is 12.1 Å². The van der Waals surface area contributed by atoms with E-state index in [2.05, 4.69) is 34.9 Å². The maximum atomic E-state index is 12.6. The van der Waals surface area contributed by atoms with Crippen molar-refractivity contribution in [3.05, 3.63) is 59.7 Å². The Hall–Kier alpha value is -3.35. The molecule has 1 unspecified atom stereocenters. The fraction of sp³-hybridized carbons (Fsp3) is 0.444. The number of nitrogens with one attached hydrogen (secondary N) is 2. The van der Waals surface area contributed by atoms with Gasteiger partial charge in [-0.25, -0.2) is 4.79 Å². The molecular weight excluding hydrogens is 432 g/mol. The van der Waals surface area contributed by atoms with Gasteiger partial charge in [0.05, 0.1) is 11.8 Å². The minimum atomic E-state index is -0.791. The summed E-state index contributed by atoms with van der Waals surface area (Å²) >= 11 is 0. The van der Waals surface area contributed by atoms with Crippen LogP contribution in [0.2, 0.25) is 0 Å². The Bertz CT molecular complexity index is 1010.